The first kappa shape index (κ1) is 15.7. The molecular formula is C17H21N3O3. The summed E-state index contributed by atoms with van der Waals surface area (Å²) in [5.74, 6) is 0.627. The first-order chi connectivity index (χ1) is 11.2. The first-order valence-electron chi connectivity index (χ1n) is 7.75. The summed E-state index contributed by atoms with van der Waals surface area (Å²) in [7, 11) is 1.41. The third-order valence-electron chi connectivity index (χ3n) is 4.20. The zero-order valence-corrected chi connectivity index (χ0v) is 13.2. The minimum Gasteiger partial charge on any atom is -0.468 e. The van der Waals surface area contributed by atoms with Crippen LogP contribution in [0.25, 0.3) is 10.9 Å². The lowest BCUT2D eigenvalue weighted by Gasteiger charge is -2.35. The van der Waals surface area contributed by atoms with Gasteiger partial charge in [0.05, 0.1) is 25.8 Å². The third kappa shape index (κ3) is 3.43. The van der Waals surface area contributed by atoms with Gasteiger partial charge in [-0.25, -0.2) is 4.98 Å². The van der Waals surface area contributed by atoms with Crippen molar-refractivity contribution < 1.29 is 14.6 Å². The highest BCUT2D eigenvalue weighted by Crippen LogP contribution is 2.24. The van der Waals surface area contributed by atoms with E-state index in [4.69, 9.17) is 9.72 Å². The van der Waals surface area contributed by atoms with Gasteiger partial charge in [-0.2, -0.15) is 0 Å². The monoisotopic (exact) mass is 315 g/mol. The molecule has 1 aromatic heterocycles. The summed E-state index contributed by atoms with van der Waals surface area (Å²) < 4.78 is 4.71. The zero-order chi connectivity index (χ0) is 16.2. The van der Waals surface area contributed by atoms with E-state index in [1.807, 2.05) is 30.3 Å². The maximum atomic E-state index is 11.4. The van der Waals surface area contributed by atoms with Crippen molar-refractivity contribution in [3.8, 4) is 0 Å². The number of fused-ring (bicyclic) bond motifs is 1. The van der Waals surface area contributed by atoms with Crippen molar-refractivity contribution in [2.24, 2.45) is 0 Å². The summed E-state index contributed by atoms with van der Waals surface area (Å²) in [4.78, 5) is 20.3. The average molecular weight is 315 g/mol. The molecule has 0 unspecified atom stereocenters. The summed E-state index contributed by atoms with van der Waals surface area (Å²) >= 11 is 0. The Balaban J connectivity index is 1.77. The van der Waals surface area contributed by atoms with Gasteiger partial charge in [-0.1, -0.05) is 18.2 Å². The van der Waals surface area contributed by atoms with Crippen LogP contribution in [0.5, 0.6) is 0 Å². The van der Waals surface area contributed by atoms with Crippen LogP contribution in [0.15, 0.2) is 30.3 Å². The molecule has 0 aliphatic carbocycles. The number of methoxy groups -OCH3 is 1. The molecule has 23 heavy (non-hydrogen) atoms. The highest BCUT2D eigenvalue weighted by Gasteiger charge is 2.22. The number of para-hydroxylation sites is 1. The van der Waals surface area contributed by atoms with Gasteiger partial charge in [-0.15, -0.1) is 0 Å². The first-order valence-corrected chi connectivity index (χ1v) is 7.75. The number of nitrogens with zero attached hydrogens (tertiary/aromatic N) is 3. The molecule has 0 saturated carbocycles. The van der Waals surface area contributed by atoms with E-state index in [2.05, 4.69) is 9.80 Å². The number of rotatable bonds is 4. The number of aliphatic hydroxyl groups is 1. The maximum absolute atomic E-state index is 11.4. The summed E-state index contributed by atoms with van der Waals surface area (Å²) in [5.41, 5.74) is 1.77. The normalized spacial score (nSPS) is 15.8. The largest absolute Gasteiger partial charge is 0.468 e. The van der Waals surface area contributed by atoms with E-state index in [1.165, 1.54) is 7.11 Å². The van der Waals surface area contributed by atoms with Gasteiger partial charge in [-0.05, 0) is 12.1 Å². The highest BCUT2D eigenvalue weighted by atomic mass is 16.5. The van der Waals surface area contributed by atoms with Gasteiger partial charge in [0.1, 0.15) is 5.82 Å². The van der Waals surface area contributed by atoms with Gasteiger partial charge >= 0.3 is 5.97 Å². The molecular weight excluding hydrogens is 294 g/mol. The molecule has 3 rings (SSSR count). The fourth-order valence-corrected chi connectivity index (χ4v) is 2.90. The van der Waals surface area contributed by atoms with Crippen LogP contribution < -0.4 is 4.90 Å². The number of esters is 1. The Morgan fingerprint density at radius 3 is 2.70 bits per heavy atom. The van der Waals surface area contributed by atoms with Crippen molar-refractivity contribution in [1.29, 1.82) is 0 Å². The number of hydrogen-bond acceptors (Lipinski definition) is 6. The summed E-state index contributed by atoms with van der Waals surface area (Å²) in [5, 5.41) is 10.7. The molecule has 1 aromatic carbocycles. The molecule has 1 aliphatic rings. The maximum Gasteiger partial charge on any atom is 0.319 e. The van der Waals surface area contributed by atoms with E-state index in [0.29, 0.717) is 6.54 Å². The van der Waals surface area contributed by atoms with Crippen molar-refractivity contribution >= 4 is 22.7 Å². The number of aromatic nitrogens is 1. The Hall–Kier alpha value is -2.18. The number of aliphatic hydroxyl groups excluding tert-OH is 1. The topological polar surface area (TPSA) is 65.9 Å². The van der Waals surface area contributed by atoms with Crippen molar-refractivity contribution in [2.75, 3.05) is 44.7 Å². The lowest BCUT2D eigenvalue weighted by molar-refractivity contribution is -0.142. The predicted octanol–water partition coefficient (Wildman–Crippen LogP) is 1.02. The molecule has 1 saturated heterocycles. The second-order valence-electron chi connectivity index (χ2n) is 5.66. The predicted molar refractivity (Wildman–Crippen MR) is 88.3 cm³/mol. The Morgan fingerprint density at radius 2 is 2.00 bits per heavy atom. The molecule has 1 aliphatic heterocycles. The molecule has 6 nitrogen and oxygen atoms in total. The molecule has 0 atom stereocenters. The lowest BCUT2D eigenvalue weighted by Crippen LogP contribution is -2.48. The van der Waals surface area contributed by atoms with Crippen LogP contribution in [0.2, 0.25) is 0 Å². The molecule has 2 aromatic rings. The number of ether oxygens (including phenoxy) is 1. The van der Waals surface area contributed by atoms with Gasteiger partial charge in [0.2, 0.25) is 0 Å². The number of hydrogen-bond donors (Lipinski definition) is 1. The standard InChI is InChI=1S/C17H21N3O3/c1-23-16(22)11-19-6-8-20(9-7-19)17-14(12-21)10-13-4-2-3-5-15(13)18-17/h2-5,10,21H,6-9,11-12H2,1H3. The van der Waals surface area contributed by atoms with E-state index < -0.39 is 0 Å². The van der Waals surface area contributed by atoms with Crippen LogP contribution in [-0.2, 0) is 16.1 Å². The summed E-state index contributed by atoms with van der Waals surface area (Å²) in [6.45, 7) is 3.38. The Morgan fingerprint density at radius 1 is 1.26 bits per heavy atom. The van der Waals surface area contributed by atoms with E-state index in [0.717, 1.165) is 48.5 Å². The molecule has 0 radical (unpaired) electrons. The van der Waals surface area contributed by atoms with Crippen LogP contribution >= 0.6 is 0 Å². The smallest absolute Gasteiger partial charge is 0.319 e. The highest BCUT2D eigenvalue weighted by molar-refractivity contribution is 5.81. The van der Waals surface area contributed by atoms with Crippen molar-refractivity contribution in [1.82, 2.24) is 9.88 Å². The van der Waals surface area contributed by atoms with Crippen LogP contribution in [0.1, 0.15) is 5.56 Å². The zero-order valence-electron chi connectivity index (χ0n) is 13.2. The van der Waals surface area contributed by atoms with Crippen molar-refractivity contribution in [3.63, 3.8) is 0 Å². The number of carbonyl (C=O) groups excluding carboxylic acids is 1. The minimum atomic E-state index is -0.210. The minimum absolute atomic E-state index is 0.0322. The van der Waals surface area contributed by atoms with Gasteiger partial charge < -0.3 is 14.7 Å². The third-order valence-corrected chi connectivity index (χ3v) is 4.20. The SMILES string of the molecule is COC(=O)CN1CCN(c2nc3ccccc3cc2CO)CC1. The van der Waals surface area contributed by atoms with Crippen LogP contribution in [0, 0.1) is 0 Å². The van der Waals surface area contributed by atoms with Gasteiger partial charge in [0, 0.05) is 37.1 Å². The number of pyridine rings is 1. The molecule has 1 N–H and O–H groups in total. The van der Waals surface area contributed by atoms with E-state index in [1.54, 1.807) is 0 Å². The quantitative estimate of drug-likeness (QED) is 0.850. The number of benzene rings is 1. The van der Waals surface area contributed by atoms with Crippen molar-refractivity contribution in [3.05, 3.63) is 35.9 Å². The van der Waals surface area contributed by atoms with E-state index in [-0.39, 0.29) is 12.6 Å². The fourth-order valence-electron chi connectivity index (χ4n) is 2.90. The number of anilines is 1. The van der Waals surface area contributed by atoms with Gasteiger partial charge in [-0.3, -0.25) is 9.69 Å². The molecule has 0 amide bonds. The molecule has 122 valence electrons. The second-order valence-corrected chi connectivity index (χ2v) is 5.66. The van der Waals surface area contributed by atoms with Crippen LogP contribution in [0.3, 0.4) is 0 Å². The Labute approximate surface area is 135 Å². The number of piperazine rings is 1. The van der Waals surface area contributed by atoms with Gasteiger partial charge in [0.15, 0.2) is 0 Å². The molecule has 0 spiro atoms. The van der Waals surface area contributed by atoms with Crippen LogP contribution in [-0.4, -0.2) is 60.8 Å². The fraction of sp³-hybridized carbons (Fsp3) is 0.412. The lowest BCUT2D eigenvalue weighted by atomic mass is 10.1. The molecule has 6 heteroatoms. The Bertz CT molecular complexity index is 697. The summed E-state index contributed by atoms with van der Waals surface area (Å²) in [6.07, 6.45) is 0. The van der Waals surface area contributed by atoms with Gasteiger partial charge in [0.25, 0.3) is 0 Å². The van der Waals surface area contributed by atoms with Crippen molar-refractivity contribution in [2.45, 2.75) is 6.61 Å². The van der Waals surface area contributed by atoms with Crippen LogP contribution in [0.4, 0.5) is 5.82 Å². The van der Waals surface area contributed by atoms with E-state index in [9.17, 15) is 9.90 Å². The molecule has 1 fully saturated rings. The number of carbonyl (C=O) groups is 1. The average Bonchev–Trinajstić information content (AvgIpc) is 2.61. The second kappa shape index (κ2) is 6.93. The summed E-state index contributed by atoms with van der Waals surface area (Å²) in [6, 6.07) is 9.91. The Kier molecular flexibility index (Phi) is 4.73. The molecule has 0 bridgehead atoms. The van der Waals surface area contributed by atoms with E-state index >= 15 is 0 Å². The molecule has 2 heterocycles.